The Morgan fingerprint density at radius 3 is 1.63 bits per heavy atom. The van der Waals surface area contributed by atoms with Gasteiger partial charge < -0.3 is 1.43 Å². The number of unbranched alkanes of at least 4 members (excludes halogenated alkanes) is 9. The van der Waals surface area contributed by atoms with E-state index in [1.54, 1.807) is 0 Å². The van der Waals surface area contributed by atoms with Crippen LogP contribution in [0.4, 0.5) is 0 Å². The van der Waals surface area contributed by atoms with E-state index in [0.29, 0.717) is 6.42 Å². The van der Waals surface area contributed by atoms with Crippen LogP contribution in [0.1, 0.15) is 72.6 Å². The fourth-order valence-corrected chi connectivity index (χ4v) is 2.08. The minimum Gasteiger partial charge on any atom is -1.00 e. The molecule has 0 aliphatic heterocycles. The zero-order valence-electron chi connectivity index (χ0n) is 12.9. The molecule has 19 heavy (non-hydrogen) atoms. The molecule has 0 amide bonds. The summed E-state index contributed by atoms with van der Waals surface area (Å²) in [4.78, 5) is 0. The molecule has 1 N–H and O–H groups in total. The van der Waals surface area contributed by atoms with E-state index in [9.17, 15) is 8.42 Å². The first-order valence-corrected chi connectivity index (χ1v) is 8.04. The molecule has 0 aromatic rings. The molecule has 0 bridgehead atoms. The fraction of sp³-hybridized carbons (Fsp3) is 1.00. The van der Waals surface area contributed by atoms with E-state index in [1.807, 2.05) is 0 Å². The molecular weight excluding hydrogens is 290 g/mol. The van der Waals surface area contributed by atoms with Crippen LogP contribution in [0, 0.1) is 0 Å². The van der Waals surface area contributed by atoms with Gasteiger partial charge in [-0.1, -0.05) is 64.7 Å². The number of rotatable bonds is 12. The molecule has 0 aliphatic rings. The molecule has 0 atom stereocenters. The Balaban J connectivity index is -0.000000427. The van der Waals surface area contributed by atoms with Gasteiger partial charge in [0.25, 0.3) is 0 Å². The van der Waals surface area contributed by atoms with Gasteiger partial charge in [0, 0.05) is 0 Å². The van der Waals surface area contributed by atoms with Crippen molar-refractivity contribution in [3.05, 3.63) is 0 Å². The van der Waals surface area contributed by atoms with Crippen LogP contribution in [0.5, 0.6) is 0 Å². The third-order valence-corrected chi connectivity index (χ3v) is 3.19. The summed E-state index contributed by atoms with van der Waals surface area (Å²) in [5.74, 6) is 0. The Hall–Kier alpha value is 1.40. The van der Waals surface area contributed by atoms with Gasteiger partial charge in [0.2, 0.25) is 0 Å². The van der Waals surface area contributed by atoms with E-state index in [2.05, 4.69) is 11.1 Å². The summed E-state index contributed by atoms with van der Waals surface area (Å²) in [5, 5.41) is 0. The van der Waals surface area contributed by atoms with Gasteiger partial charge in [-0.2, -0.15) is 8.42 Å². The minimum atomic E-state index is -4.23. The van der Waals surface area contributed by atoms with Crippen LogP contribution in [0.25, 0.3) is 0 Å². The summed E-state index contributed by atoms with van der Waals surface area (Å²) < 4.78 is 33.0. The van der Waals surface area contributed by atoms with E-state index >= 15 is 0 Å². The maximum Gasteiger partial charge on any atom is 1.00 e. The third kappa shape index (κ3) is 24.8. The summed E-state index contributed by atoms with van der Waals surface area (Å²) in [6.45, 7) is 2.31. The second-order valence-electron chi connectivity index (χ2n) is 4.43. The molecule has 0 saturated carbocycles. The second kappa shape index (κ2) is 17.5. The Kier molecular flexibility index (Phi) is 23.3. The Morgan fingerprint density at radius 2 is 1.26 bits per heavy atom. The van der Waals surface area contributed by atoms with E-state index in [0.717, 1.165) is 12.8 Å². The van der Waals surface area contributed by atoms with Gasteiger partial charge in [0.15, 0.2) is 17.4 Å². The second-order valence-corrected chi connectivity index (χ2v) is 5.52. The summed E-state index contributed by atoms with van der Waals surface area (Å²) in [5.41, 5.74) is 0. The zero-order chi connectivity index (χ0) is 13.0. The van der Waals surface area contributed by atoms with E-state index < -0.39 is 10.4 Å². The molecule has 0 heterocycles. The van der Waals surface area contributed by atoms with Crippen LogP contribution in [0.15, 0.2) is 0 Å². The van der Waals surface area contributed by atoms with E-state index in [-0.39, 0.29) is 55.0 Å². The maximum atomic E-state index is 10.2. The van der Waals surface area contributed by atoms with Crippen LogP contribution in [0.2, 0.25) is 0 Å². The Bertz CT molecular complexity index is 266. The zero-order valence-corrected chi connectivity index (χ0v) is 14.7. The van der Waals surface area contributed by atoms with Crippen LogP contribution in [-0.2, 0) is 14.6 Å². The predicted molar refractivity (Wildman–Crippen MR) is 80.4 cm³/mol. The molecular formula is C12H30AlNaO4S. The Labute approximate surface area is 152 Å². The van der Waals surface area contributed by atoms with Crippen molar-refractivity contribution >= 4 is 27.8 Å². The first-order valence-electron chi connectivity index (χ1n) is 6.68. The first-order chi connectivity index (χ1) is 8.06. The minimum absolute atomic E-state index is 0. The average Bonchev–Trinajstić information content (AvgIpc) is 2.24. The van der Waals surface area contributed by atoms with Gasteiger partial charge in [-0.3, -0.25) is 4.55 Å². The van der Waals surface area contributed by atoms with Gasteiger partial charge in [-0.05, 0) is 6.42 Å². The summed E-state index contributed by atoms with van der Waals surface area (Å²) in [6.07, 6.45) is 11.9. The summed E-state index contributed by atoms with van der Waals surface area (Å²) in [6, 6.07) is 0. The van der Waals surface area contributed by atoms with Crippen molar-refractivity contribution in [3.8, 4) is 0 Å². The quantitative estimate of drug-likeness (QED) is 0.304. The summed E-state index contributed by atoms with van der Waals surface area (Å²) in [7, 11) is -4.23. The first kappa shape index (κ1) is 25.4. The average molecular weight is 320 g/mol. The fourth-order valence-electron chi connectivity index (χ4n) is 1.75. The molecule has 0 aromatic carbocycles. The Morgan fingerprint density at radius 1 is 0.895 bits per heavy atom. The molecule has 0 aromatic heterocycles. The predicted octanol–water partition coefficient (Wildman–Crippen LogP) is -0.341. The van der Waals surface area contributed by atoms with Crippen molar-refractivity contribution in [2.24, 2.45) is 0 Å². The molecule has 0 rings (SSSR count). The van der Waals surface area contributed by atoms with Crippen LogP contribution >= 0.6 is 0 Å². The molecule has 112 valence electrons. The van der Waals surface area contributed by atoms with Gasteiger partial charge in [-0.15, -0.1) is 0 Å². The molecule has 0 aliphatic carbocycles. The van der Waals surface area contributed by atoms with Crippen molar-refractivity contribution in [2.75, 3.05) is 6.61 Å². The monoisotopic (exact) mass is 320 g/mol. The van der Waals surface area contributed by atoms with Crippen molar-refractivity contribution in [2.45, 2.75) is 71.1 Å². The van der Waals surface area contributed by atoms with E-state index in [4.69, 9.17) is 4.55 Å². The summed E-state index contributed by atoms with van der Waals surface area (Å²) >= 11 is 0. The van der Waals surface area contributed by atoms with Crippen LogP contribution in [-0.4, -0.2) is 36.9 Å². The van der Waals surface area contributed by atoms with Crippen molar-refractivity contribution in [1.82, 2.24) is 0 Å². The molecule has 4 nitrogen and oxygen atoms in total. The third-order valence-electron chi connectivity index (χ3n) is 2.73. The van der Waals surface area contributed by atoms with Gasteiger partial charge in [0.1, 0.15) is 0 Å². The van der Waals surface area contributed by atoms with Crippen molar-refractivity contribution in [1.29, 1.82) is 0 Å². The normalized spacial score (nSPS) is 10.6. The largest absolute Gasteiger partial charge is 1.00 e. The molecule has 0 fully saturated rings. The SMILES string of the molecule is CCCCCCCCCCCCOS(=O)(=O)O.[AlH3].[H-].[Na+]. The topological polar surface area (TPSA) is 63.6 Å². The van der Waals surface area contributed by atoms with Crippen LogP contribution < -0.4 is 29.6 Å². The molecule has 0 unspecified atom stereocenters. The smallest absolute Gasteiger partial charge is 1.00 e. The molecule has 0 radical (unpaired) electrons. The molecule has 0 spiro atoms. The van der Waals surface area contributed by atoms with Gasteiger partial charge in [0.05, 0.1) is 6.61 Å². The van der Waals surface area contributed by atoms with Gasteiger partial charge in [-0.25, -0.2) is 4.18 Å². The van der Waals surface area contributed by atoms with Crippen molar-refractivity contribution < 1.29 is 48.1 Å². The number of hydrogen-bond donors (Lipinski definition) is 1. The standard InChI is InChI=1S/C12H26O4S.Al.Na.4H/c1-2-3-4-5-6-7-8-9-10-11-12-16-17(13,14)15;;;;;;/h2-12H2,1H3,(H,13,14,15);;;;;;/q;;+1;;;;-1. The van der Waals surface area contributed by atoms with E-state index in [1.165, 1.54) is 44.9 Å². The molecule has 0 saturated heterocycles. The van der Waals surface area contributed by atoms with Gasteiger partial charge >= 0.3 is 40.0 Å². The number of hydrogen-bond acceptors (Lipinski definition) is 3. The van der Waals surface area contributed by atoms with Crippen LogP contribution in [0.3, 0.4) is 0 Å². The maximum absolute atomic E-state index is 10.2. The molecule has 7 heteroatoms. The van der Waals surface area contributed by atoms with Crippen molar-refractivity contribution in [3.63, 3.8) is 0 Å².